The van der Waals surface area contributed by atoms with Gasteiger partial charge >= 0.3 is 0 Å². The normalized spacial score (nSPS) is 12.1. The third-order valence-electron chi connectivity index (χ3n) is 3.34. The Labute approximate surface area is 141 Å². The van der Waals surface area contributed by atoms with Gasteiger partial charge in [-0.3, -0.25) is 0 Å². The first-order valence-corrected chi connectivity index (χ1v) is 9.91. The molecule has 0 aromatic rings. The van der Waals surface area contributed by atoms with Crippen LogP contribution in [0.1, 0.15) is 84.5 Å². The highest BCUT2D eigenvalue weighted by atomic mass is 32.2. The van der Waals surface area contributed by atoms with Crippen molar-refractivity contribution in [2.24, 2.45) is 0 Å². The van der Waals surface area contributed by atoms with E-state index in [1.807, 2.05) is 6.92 Å². The van der Waals surface area contributed by atoms with Gasteiger partial charge in [-0.25, -0.2) is 4.21 Å². The molecule has 0 fully saturated rings. The first-order valence-electron chi connectivity index (χ1n) is 8.91. The lowest BCUT2D eigenvalue weighted by Crippen LogP contribution is -2.12. The third kappa shape index (κ3) is 28.2. The average Bonchev–Trinajstić information content (AvgIpc) is 2.47. The molecule has 5 heteroatoms. The second-order valence-electron chi connectivity index (χ2n) is 6.01. The van der Waals surface area contributed by atoms with Gasteiger partial charge in [-0.15, -0.1) is 0 Å². The summed E-state index contributed by atoms with van der Waals surface area (Å²) in [7, 11) is 4.32. The van der Waals surface area contributed by atoms with Crippen LogP contribution in [0.4, 0.5) is 0 Å². The number of hydrogen-bond acceptors (Lipinski definition) is 4. The monoisotopic (exact) mass is 336 g/mol. The molecule has 22 heavy (non-hydrogen) atoms. The molecule has 0 aliphatic carbocycles. The third-order valence-corrected chi connectivity index (χ3v) is 3.70. The van der Waals surface area contributed by atoms with Crippen LogP contribution in [0.2, 0.25) is 0 Å². The van der Waals surface area contributed by atoms with Crippen molar-refractivity contribution in [2.45, 2.75) is 84.5 Å². The van der Waals surface area contributed by atoms with E-state index in [2.05, 4.69) is 30.1 Å². The van der Waals surface area contributed by atoms with E-state index < -0.39 is 11.4 Å². The van der Waals surface area contributed by atoms with Crippen LogP contribution in [0.15, 0.2) is 0 Å². The molecule has 0 rings (SSSR count). The Morgan fingerprint density at radius 3 is 1.59 bits per heavy atom. The summed E-state index contributed by atoms with van der Waals surface area (Å²) >= 11 is -2.32. The number of unbranched alkanes of at least 4 members (excludes halogenated alkanes) is 9. The van der Waals surface area contributed by atoms with Gasteiger partial charge in [-0.1, -0.05) is 71.6 Å². The second kappa shape index (κ2) is 21.0. The Hall–Kier alpha value is 0.0300. The quantitative estimate of drug-likeness (QED) is 0.341. The van der Waals surface area contributed by atoms with Crippen molar-refractivity contribution < 1.29 is 12.9 Å². The number of nitrogens with zero attached hydrogens (tertiary/aromatic N) is 1. The molecule has 0 aromatic heterocycles. The molecule has 0 amide bonds. The van der Waals surface area contributed by atoms with Gasteiger partial charge in [0, 0.05) is 0 Å². The maximum Gasteiger partial charge on any atom is 0.0842 e. The Balaban J connectivity index is 0. The van der Waals surface area contributed by atoms with Crippen LogP contribution in [-0.2, 0) is 15.5 Å². The molecule has 136 valence electrons. The molecule has 0 N–H and O–H groups in total. The highest BCUT2D eigenvalue weighted by molar-refractivity contribution is 7.74. The molecule has 0 bridgehead atoms. The van der Waals surface area contributed by atoms with Gasteiger partial charge in [-0.05, 0) is 33.5 Å². The first-order chi connectivity index (χ1) is 10.5. The van der Waals surface area contributed by atoms with Crippen molar-refractivity contribution in [1.82, 2.24) is 4.90 Å². The minimum atomic E-state index is -2.32. The Kier molecular flexibility index (Phi) is 23.2. The van der Waals surface area contributed by atoms with Crippen LogP contribution < -0.4 is 0 Å². The fourth-order valence-electron chi connectivity index (χ4n) is 2.07. The summed E-state index contributed by atoms with van der Waals surface area (Å²) in [6.07, 6.45) is 15.1. The Morgan fingerprint density at radius 2 is 1.27 bits per heavy atom. The number of rotatable bonds is 14. The van der Waals surface area contributed by atoms with Crippen LogP contribution in [-0.4, -0.2) is 40.9 Å². The molecule has 0 spiro atoms. The second-order valence-corrected chi connectivity index (χ2v) is 6.66. The number of hydrogen-bond donors (Lipinski definition) is 0. The van der Waals surface area contributed by atoms with Crippen molar-refractivity contribution in [1.29, 1.82) is 0 Å². The van der Waals surface area contributed by atoms with Crippen LogP contribution >= 0.6 is 0 Å². The maximum absolute atomic E-state index is 9.54. The zero-order valence-corrected chi connectivity index (χ0v) is 16.1. The summed E-state index contributed by atoms with van der Waals surface area (Å²) < 4.78 is 23.2. The van der Waals surface area contributed by atoms with E-state index in [0.717, 1.165) is 6.42 Å². The predicted octanol–water partition coefficient (Wildman–Crippen LogP) is 4.68. The summed E-state index contributed by atoms with van der Waals surface area (Å²) in [5.41, 5.74) is 0. The largest absolute Gasteiger partial charge is 0.750 e. The molecule has 0 heterocycles. The SMILES string of the molecule is CCCCCCCCCCCCN(C)C.CCCOS(=O)[O-]. The lowest BCUT2D eigenvalue weighted by Gasteiger charge is -2.08. The fraction of sp³-hybridized carbons (Fsp3) is 1.00. The minimum absolute atomic E-state index is 0.288. The molecule has 1 atom stereocenters. The van der Waals surface area contributed by atoms with Crippen molar-refractivity contribution in [3.05, 3.63) is 0 Å². The maximum atomic E-state index is 9.54. The molecular formula is C17H38NO3S-. The summed E-state index contributed by atoms with van der Waals surface area (Å²) in [5, 5.41) is 0. The van der Waals surface area contributed by atoms with E-state index in [1.54, 1.807) is 0 Å². The zero-order chi connectivity index (χ0) is 17.1. The molecule has 1 unspecified atom stereocenters. The standard InChI is InChI=1S/C14H31N.C3H8O3S/c1-4-5-6-7-8-9-10-11-12-13-14-15(2)3;1-2-3-6-7(4)5/h4-14H2,1-3H3;2-3H2,1H3,(H,4,5)/p-1. The fourth-order valence-corrected chi connectivity index (χ4v) is 2.37. The molecule has 0 aromatic carbocycles. The van der Waals surface area contributed by atoms with Gasteiger partial charge in [0.1, 0.15) is 0 Å². The molecule has 4 nitrogen and oxygen atoms in total. The van der Waals surface area contributed by atoms with Crippen LogP contribution in [0.25, 0.3) is 0 Å². The molecule has 0 aliphatic rings. The zero-order valence-electron chi connectivity index (χ0n) is 15.3. The van der Waals surface area contributed by atoms with Crippen LogP contribution in [0.3, 0.4) is 0 Å². The first kappa shape index (κ1) is 24.3. The molecular weight excluding hydrogens is 298 g/mol. The van der Waals surface area contributed by atoms with Gasteiger partial charge in [0.25, 0.3) is 0 Å². The van der Waals surface area contributed by atoms with E-state index in [0.29, 0.717) is 0 Å². The molecule has 0 saturated heterocycles. The van der Waals surface area contributed by atoms with Crippen molar-refractivity contribution in [3.8, 4) is 0 Å². The van der Waals surface area contributed by atoms with Crippen LogP contribution in [0.5, 0.6) is 0 Å². The summed E-state index contributed by atoms with van der Waals surface area (Å²) in [4.78, 5) is 2.28. The minimum Gasteiger partial charge on any atom is -0.750 e. The predicted molar refractivity (Wildman–Crippen MR) is 95.6 cm³/mol. The topological polar surface area (TPSA) is 52.6 Å². The van der Waals surface area contributed by atoms with Gasteiger partial charge < -0.3 is 13.6 Å². The van der Waals surface area contributed by atoms with E-state index in [-0.39, 0.29) is 6.61 Å². The van der Waals surface area contributed by atoms with Crippen molar-refractivity contribution in [3.63, 3.8) is 0 Å². The molecule has 0 saturated carbocycles. The average molecular weight is 337 g/mol. The van der Waals surface area contributed by atoms with E-state index >= 15 is 0 Å². The summed E-state index contributed by atoms with van der Waals surface area (Å²) in [5.74, 6) is 0. The van der Waals surface area contributed by atoms with Crippen molar-refractivity contribution in [2.75, 3.05) is 27.2 Å². The van der Waals surface area contributed by atoms with Gasteiger partial charge in [0.05, 0.1) is 18.0 Å². The van der Waals surface area contributed by atoms with Crippen LogP contribution in [0, 0.1) is 0 Å². The van der Waals surface area contributed by atoms with Gasteiger partial charge in [0.15, 0.2) is 0 Å². The van der Waals surface area contributed by atoms with E-state index in [9.17, 15) is 8.76 Å². The van der Waals surface area contributed by atoms with Gasteiger partial charge in [0.2, 0.25) is 0 Å². The molecule has 0 aliphatic heterocycles. The van der Waals surface area contributed by atoms with Gasteiger partial charge in [-0.2, -0.15) is 0 Å². The lowest BCUT2D eigenvalue weighted by molar-refractivity contribution is 0.300. The van der Waals surface area contributed by atoms with E-state index in [1.165, 1.54) is 70.8 Å². The molecule has 0 radical (unpaired) electrons. The van der Waals surface area contributed by atoms with E-state index in [4.69, 9.17) is 0 Å². The Morgan fingerprint density at radius 1 is 0.818 bits per heavy atom. The smallest absolute Gasteiger partial charge is 0.0842 e. The highest BCUT2D eigenvalue weighted by Gasteiger charge is 1.93. The summed E-state index contributed by atoms with van der Waals surface area (Å²) in [6.45, 7) is 5.67. The highest BCUT2D eigenvalue weighted by Crippen LogP contribution is 2.10. The lowest BCUT2D eigenvalue weighted by atomic mass is 10.1. The summed E-state index contributed by atoms with van der Waals surface area (Å²) in [6, 6.07) is 0. The van der Waals surface area contributed by atoms with Crippen molar-refractivity contribution >= 4 is 11.4 Å². The Bertz CT molecular complexity index is 226.